The van der Waals surface area contributed by atoms with E-state index in [0.29, 0.717) is 0 Å². The first kappa shape index (κ1) is 14.9. The van der Waals surface area contributed by atoms with Gasteiger partial charge in [-0.3, -0.25) is 4.90 Å². The monoisotopic (exact) mass is 249 g/mol. The van der Waals surface area contributed by atoms with Gasteiger partial charge in [0.25, 0.3) is 0 Å². The summed E-state index contributed by atoms with van der Waals surface area (Å²) in [5.74, 6) is 0. The van der Waals surface area contributed by atoms with Gasteiger partial charge in [-0.2, -0.15) is 0 Å². The molecule has 0 spiro atoms. The standard InChI is InChI=1S/C15H23NO2/c1-5-11-15(3,18)16(4)12(2)14(17)13-9-7-6-8-10-13/h5-12,14,17-18H,1-4H3/b11-5+/t12-,14+,15?/m0/s1. The van der Waals surface area contributed by atoms with Gasteiger partial charge in [-0.05, 0) is 39.5 Å². The Morgan fingerprint density at radius 1 is 1.28 bits per heavy atom. The lowest BCUT2D eigenvalue weighted by atomic mass is 10.0. The van der Waals surface area contributed by atoms with Gasteiger partial charge >= 0.3 is 0 Å². The Morgan fingerprint density at radius 3 is 2.33 bits per heavy atom. The van der Waals surface area contributed by atoms with Crippen LogP contribution in [0.1, 0.15) is 32.4 Å². The van der Waals surface area contributed by atoms with Crippen molar-refractivity contribution in [3.8, 4) is 0 Å². The van der Waals surface area contributed by atoms with Crippen LogP contribution in [0.15, 0.2) is 42.5 Å². The molecule has 3 atom stereocenters. The highest BCUT2D eigenvalue weighted by Gasteiger charge is 2.30. The summed E-state index contributed by atoms with van der Waals surface area (Å²) in [6, 6.07) is 9.29. The summed E-state index contributed by atoms with van der Waals surface area (Å²) >= 11 is 0. The van der Waals surface area contributed by atoms with Gasteiger partial charge in [0, 0.05) is 6.04 Å². The molecule has 0 bridgehead atoms. The van der Waals surface area contributed by atoms with Crippen molar-refractivity contribution < 1.29 is 10.2 Å². The first-order valence-corrected chi connectivity index (χ1v) is 6.22. The van der Waals surface area contributed by atoms with Crippen LogP contribution in [-0.4, -0.2) is 33.9 Å². The van der Waals surface area contributed by atoms with Crippen molar-refractivity contribution in [3.63, 3.8) is 0 Å². The number of nitrogens with zero attached hydrogens (tertiary/aromatic N) is 1. The van der Waals surface area contributed by atoms with E-state index >= 15 is 0 Å². The van der Waals surface area contributed by atoms with Crippen molar-refractivity contribution in [1.29, 1.82) is 0 Å². The first-order chi connectivity index (χ1) is 8.40. The molecule has 3 heteroatoms. The normalized spacial score (nSPS) is 18.8. The molecule has 18 heavy (non-hydrogen) atoms. The first-order valence-electron chi connectivity index (χ1n) is 6.22. The molecule has 1 rings (SSSR count). The average molecular weight is 249 g/mol. The molecule has 100 valence electrons. The number of aliphatic hydroxyl groups is 2. The van der Waals surface area contributed by atoms with Gasteiger partial charge in [0.15, 0.2) is 0 Å². The number of likely N-dealkylation sites (N-methyl/N-ethyl adjacent to an activating group) is 1. The SMILES string of the molecule is C/C=C/C(C)(O)N(C)[C@@H](C)[C@@H](O)c1ccccc1. The maximum Gasteiger partial charge on any atom is 0.134 e. The zero-order valence-electron chi connectivity index (χ0n) is 11.5. The van der Waals surface area contributed by atoms with Crippen molar-refractivity contribution in [2.75, 3.05) is 7.05 Å². The van der Waals surface area contributed by atoms with Crippen LogP contribution < -0.4 is 0 Å². The number of allylic oxidation sites excluding steroid dienone is 1. The van der Waals surface area contributed by atoms with Crippen LogP contribution in [0.2, 0.25) is 0 Å². The largest absolute Gasteiger partial charge is 0.387 e. The highest BCUT2D eigenvalue weighted by molar-refractivity contribution is 5.19. The van der Waals surface area contributed by atoms with E-state index in [4.69, 9.17) is 0 Å². The minimum absolute atomic E-state index is 0.196. The third-order valence-corrected chi connectivity index (χ3v) is 3.41. The van der Waals surface area contributed by atoms with Crippen molar-refractivity contribution in [1.82, 2.24) is 4.90 Å². The van der Waals surface area contributed by atoms with Crippen molar-refractivity contribution in [3.05, 3.63) is 48.0 Å². The fourth-order valence-electron chi connectivity index (χ4n) is 1.99. The molecule has 1 aromatic carbocycles. The van der Waals surface area contributed by atoms with Gasteiger partial charge in [-0.1, -0.05) is 36.4 Å². The van der Waals surface area contributed by atoms with Gasteiger partial charge in [0.1, 0.15) is 5.72 Å². The maximum atomic E-state index is 10.3. The molecule has 0 saturated heterocycles. The maximum absolute atomic E-state index is 10.3. The van der Waals surface area contributed by atoms with Crippen LogP contribution in [0, 0.1) is 0 Å². The summed E-state index contributed by atoms with van der Waals surface area (Å²) in [6.07, 6.45) is 2.88. The molecule has 0 saturated carbocycles. The van der Waals surface area contributed by atoms with Gasteiger partial charge in [-0.25, -0.2) is 0 Å². The van der Waals surface area contributed by atoms with Crippen LogP contribution in [0.3, 0.4) is 0 Å². The molecule has 0 heterocycles. The smallest absolute Gasteiger partial charge is 0.134 e. The summed E-state index contributed by atoms with van der Waals surface area (Å²) in [6.45, 7) is 5.47. The second-order valence-corrected chi connectivity index (χ2v) is 4.80. The molecule has 0 fully saturated rings. The molecule has 0 aromatic heterocycles. The van der Waals surface area contributed by atoms with E-state index < -0.39 is 11.8 Å². The van der Waals surface area contributed by atoms with Gasteiger partial charge in [-0.15, -0.1) is 0 Å². The Balaban J connectivity index is 2.84. The predicted octanol–water partition coefficient (Wildman–Crippen LogP) is 2.32. The zero-order valence-corrected chi connectivity index (χ0v) is 11.5. The van der Waals surface area contributed by atoms with Crippen LogP contribution in [0.25, 0.3) is 0 Å². The third-order valence-electron chi connectivity index (χ3n) is 3.41. The predicted molar refractivity (Wildman–Crippen MR) is 74.1 cm³/mol. The van der Waals surface area contributed by atoms with Gasteiger partial charge in [0.2, 0.25) is 0 Å². The van der Waals surface area contributed by atoms with Crippen molar-refractivity contribution in [2.45, 2.75) is 38.6 Å². The summed E-state index contributed by atoms with van der Waals surface area (Å²) < 4.78 is 0. The van der Waals surface area contributed by atoms with E-state index in [1.165, 1.54) is 0 Å². The van der Waals surface area contributed by atoms with Gasteiger partial charge in [0.05, 0.1) is 6.10 Å². The van der Waals surface area contributed by atoms with E-state index in [9.17, 15) is 10.2 Å². The molecule has 1 unspecified atom stereocenters. The quantitative estimate of drug-likeness (QED) is 0.622. The average Bonchev–Trinajstić information content (AvgIpc) is 2.37. The minimum Gasteiger partial charge on any atom is -0.387 e. The molecule has 3 nitrogen and oxygen atoms in total. The number of aliphatic hydroxyl groups excluding tert-OH is 1. The lowest BCUT2D eigenvalue weighted by Crippen LogP contribution is -2.49. The number of hydrogen-bond acceptors (Lipinski definition) is 3. The summed E-state index contributed by atoms with van der Waals surface area (Å²) in [4.78, 5) is 1.75. The van der Waals surface area contributed by atoms with Crippen LogP contribution in [-0.2, 0) is 0 Å². The van der Waals surface area contributed by atoms with E-state index in [1.807, 2.05) is 44.2 Å². The fraction of sp³-hybridized carbons (Fsp3) is 0.467. The highest BCUT2D eigenvalue weighted by atomic mass is 16.3. The summed E-state index contributed by atoms with van der Waals surface area (Å²) in [5, 5.41) is 20.6. The van der Waals surface area contributed by atoms with Crippen molar-refractivity contribution in [2.24, 2.45) is 0 Å². The molecule has 0 aliphatic carbocycles. The molecular formula is C15H23NO2. The van der Waals surface area contributed by atoms with E-state index in [0.717, 1.165) is 5.56 Å². The Hall–Kier alpha value is -1.16. The Kier molecular flexibility index (Phi) is 5.08. The second-order valence-electron chi connectivity index (χ2n) is 4.80. The number of benzene rings is 1. The number of hydrogen-bond donors (Lipinski definition) is 2. The van der Waals surface area contributed by atoms with Crippen LogP contribution in [0.5, 0.6) is 0 Å². The molecule has 0 aliphatic heterocycles. The van der Waals surface area contributed by atoms with Crippen LogP contribution in [0.4, 0.5) is 0 Å². The topological polar surface area (TPSA) is 43.7 Å². The Morgan fingerprint density at radius 2 is 1.83 bits per heavy atom. The van der Waals surface area contributed by atoms with Crippen molar-refractivity contribution >= 4 is 0 Å². The summed E-state index contributed by atoms with van der Waals surface area (Å²) in [5.41, 5.74) is -0.211. The molecule has 0 radical (unpaired) electrons. The molecular weight excluding hydrogens is 226 g/mol. The third kappa shape index (κ3) is 3.42. The lowest BCUT2D eigenvalue weighted by Gasteiger charge is -2.38. The molecule has 2 N–H and O–H groups in total. The number of rotatable bonds is 5. The summed E-state index contributed by atoms with van der Waals surface area (Å²) in [7, 11) is 1.80. The van der Waals surface area contributed by atoms with Gasteiger partial charge < -0.3 is 10.2 Å². The Labute approximate surface area is 109 Å². The second kappa shape index (κ2) is 6.14. The van der Waals surface area contributed by atoms with E-state index in [1.54, 1.807) is 31.0 Å². The lowest BCUT2D eigenvalue weighted by molar-refractivity contribution is -0.0848. The zero-order chi connectivity index (χ0) is 13.8. The van der Waals surface area contributed by atoms with E-state index in [-0.39, 0.29) is 6.04 Å². The highest BCUT2D eigenvalue weighted by Crippen LogP contribution is 2.24. The molecule has 0 amide bonds. The minimum atomic E-state index is -1.07. The molecule has 1 aromatic rings. The van der Waals surface area contributed by atoms with E-state index in [2.05, 4.69) is 0 Å². The molecule has 0 aliphatic rings. The fourth-order valence-corrected chi connectivity index (χ4v) is 1.99. The Bertz CT molecular complexity index is 387. The van der Waals surface area contributed by atoms with Crippen LogP contribution >= 0.6 is 0 Å².